The number of carboxylic acid groups (broad SMARTS) is 1. The Kier molecular flexibility index (Phi) is 3.45. The van der Waals surface area contributed by atoms with Gasteiger partial charge in [0.05, 0.1) is 15.6 Å². The van der Waals surface area contributed by atoms with Gasteiger partial charge in [0.1, 0.15) is 0 Å². The van der Waals surface area contributed by atoms with Crippen LogP contribution in [0.15, 0.2) is 18.2 Å². The molecule has 0 saturated heterocycles. The molecule has 90 valence electrons. The van der Waals surface area contributed by atoms with Crippen molar-refractivity contribution in [3.63, 3.8) is 0 Å². The number of hydrogen-bond donors (Lipinski definition) is 3. The summed E-state index contributed by atoms with van der Waals surface area (Å²) >= 11 is 12.0. The van der Waals surface area contributed by atoms with Crippen molar-refractivity contribution < 1.29 is 9.90 Å². The molecule has 1 aromatic carbocycles. The largest absolute Gasteiger partial charge is 0.465 e. The van der Waals surface area contributed by atoms with Crippen molar-refractivity contribution in [2.24, 2.45) is 0 Å². The zero-order valence-electron chi connectivity index (χ0n) is 8.76. The van der Waals surface area contributed by atoms with E-state index >= 15 is 0 Å². The van der Waals surface area contributed by atoms with Gasteiger partial charge in [-0.1, -0.05) is 29.3 Å². The van der Waals surface area contributed by atoms with Gasteiger partial charge in [0.2, 0.25) is 0 Å². The molecule has 0 atom stereocenters. The van der Waals surface area contributed by atoms with Gasteiger partial charge < -0.3 is 15.4 Å². The third-order valence-corrected chi connectivity index (χ3v) is 3.22. The van der Waals surface area contributed by atoms with E-state index in [1.807, 2.05) is 12.1 Å². The van der Waals surface area contributed by atoms with E-state index in [0.717, 1.165) is 16.6 Å². The van der Waals surface area contributed by atoms with Gasteiger partial charge in [-0.25, -0.2) is 4.79 Å². The fraction of sp³-hybridized carbons (Fsp3) is 0.182. The summed E-state index contributed by atoms with van der Waals surface area (Å²) in [5.41, 5.74) is 1.70. The molecule has 2 aromatic rings. The molecule has 4 nitrogen and oxygen atoms in total. The number of hydrogen-bond acceptors (Lipinski definition) is 1. The molecule has 0 bridgehead atoms. The molecule has 6 heteroatoms. The van der Waals surface area contributed by atoms with Crippen molar-refractivity contribution in [3.8, 4) is 0 Å². The molecule has 0 aliphatic carbocycles. The third kappa shape index (κ3) is 2.65. The van der Waals surface area contributed by atoms with Crippen molar-refractivity contribution in [3.05, 3.63) is 33.9 Å². The summed E-state index contributed by atoms with van der Waals surface area (Å²) in [7, 11) is 0. The zero-order valence-corrected chi connectivity index (χ0v) is 10.3. The van der Waals surface area contributed by atoms with Crippen LogP contribution in [0.2, 0.25) is 10.0 Å². The highest BCUT2D eigenvalue weighted by Gasteiger charge is 2.07. The second-order valence-electron chi connectivity index (χ2n) is 3.60. The molecule has 0 fully saturated rings. The van der Waals surface area contributed by atoms with Crippen LogP contribution in [0, 0.1) is 0 Å². The summed E-state index contributed by atoms with van der Waals surface area (Å²) in [6, 6.07) is 5.54. The molecule has 1 heterocycles. The lowest BCUT2D eigenvalue weighted by molar-refractivity contribution is 0.194. The molecule has 0 aliphatic heterocycles. The Hall–Kier alpha value is -1.39. The summed E-state index contributed by atoms with van der Waals surface area (Å²) in [5.74, 6) is 0. The van der Waals surface area contributed by atoms with Crippen LogP contribution >= 0.6 is 23.2 Å². The Morgan fingerprint density at radius 1 is 1.41 bits per heavy atom. The maximum atomic E-state index is 10.3. The van der Waals surface area contributed by atoms with E-state index in [2.05, 4.69) is 10.3 Å². The fourth-order valence-corrected chi connectivity index (χ4v) is 2.01. The van der Waals surface area contributed by atoms with E-state index in [4.69, 9.17) is 28.3 Å². The SMILES string of the molecule is O=C(O)NCCc1cc2ccc(Cl)c(Cl)c2[nH]1. The van der Waals surface area contributed by atoms with Crippen molar-refractivity contribution >= 4 is 40.2 Å². The first kappa shape index (κ1) is 12.1. The third-order valence-electron chi connectivity index (χ3n) is 2.41. The van der Waals surface area contributed by atoms with Crippen LogP contribution in [0.3, 0.4) is 0 Å². The summed E-state index contributed by atoms with van der Waals surface area (Å²) < 4.78 is 0. The molecular formula is C11H10Cl2N2O2. The minimum absolute atomic E-state index is 0.355. The number of aromatic amines is 1. The number of aromatic nitrogens is 1. The first-order valence-electron chi connectivity index (χ1n) is 5.00. The van der Waals surface area contributed by atoms with Crippen LogP contribution in [0.25, 0.3) is 10.9 Å². The first-order valence-corrected chi connectivity index (χ1v) is 5.76. The van der Waals surface area contributed by atoms with Crippen LogP contribution in [-0.2, 0) is 6.42 Å². The molecule has 0 saturated carbocycles. The van der Waals surface area contributed by atoms with E-state index in [1.165, 1.54) is 0 Å². The Bertz CT molecular complexity index is 566. The topological polar surface area (TPSA) is 65.1 Å². The minimum atomic E-state index is -1.03. The van der Waals surface area contributed by atoms with E-state index < -0.39 is 6.09 Å². The molecule has 0 unspecified atom stereocenters. The van der Waals surface area contributed by atoms with Crippen LogP contribution in [-0.4, -0.2) is 22.7 Å². The van der Waals surface area contributed by atoms with Crippen LogP contribution < -0.4 is 5.32 Å². The predicted molar refractivity (Wildman–Crippen MR) is 68.1 cm³/mol. The van der Waals surface area contributed by atoms with E-state index in [0.29, 0.717) is 23.0 Å². The highest BCUT2D eigenvalue weighted by atomic mass is 35.5. The molecule has 1 amide bonds. The van der Waals surface area contributed by atoms with E-state index in [9.17, 15) is 4.79 Å². The molecule has 0 spiro atoms. The normalized spacial score (nSPS) is 10.7. The van der Waals surface area contributed by atoms with Gasteiger partial charge in [-0.05, 0) is 12.1 Å². The lowest BCUT2D eigenvalue weighted by Crippen LogP contribution is -2.23. The number of rotatable bonds is 3. The molecule has 3 N–H and O–H groups in total. The first-order chi connectivity index (χ1) is 8.08. The van der Waals surface area contributed by atoms with Gasteiger partial charge in [-0.3, -0.25) is 0 Å². The maximum Gasteiger partial charge on any atom is 0.404 e. The predicted octanol–water partition coefficient (Wildman–Crippen LogP) is 3.28. The van der Waals surface area contributed by atoms with Gasteiger partial charge in [0.15, 0.2) is 0 Å². The Balaban J connectivity index is 2.20. The van der Waals surface area contributed by atoms with E-state index in [-0.39, 0.29) is 0 Å². The smallest absolute Gasteiger partial charge is 0.404 e. The lowest BCUT2D eigenvalue weighted by Gasteiger charge is -1.98. The van der Waals surface area contributed by atoms with Gasteiger partial charge >= 0.3 is 6.09 Å². The average Bonchev–Trinajstić information content (AvgIpc) is 2.67. The lowest BCUT2D eigenvalue weighted by atomic mass is 10.2. The molecule has 0 aliphatic rings. The van der Waals surface area contributed by atoms with Gasteiger partial charge in [-0.2, -0.15) is 0 Å². The number of fused-ring (bicyclic) bond motifs is 1. The monoisotopic (exact) mass is 272 g/mol. The van der Waals surface area contributed by atoms with Crippen molar-refractivity contribution in [1.29, 1.82) is 0 Å². The maximum absolute atomic E-state index is 10.3. The summed E-state index contributed by atoms with van der Waals surface area (Å²) in [4.78, 5) is 13.4. The van der Waals surface area contributed by atoms with Crippen molar-refractivity contribution in [1.82, 2.24) is 10.3 Å². The number of halogens is 2. The number of amides is 1. The molecule has 2 rings (SSSR count). The Morgan fingerprint density at radius 3 is 2.88 bits per heavy atom. The second-order valence-corrected chi connectivity index (χ2v) is 4.39. The fourth-order valence-electron chi connectivity index (χ4n) is 1.64. The second kappa shape index (κ2) is 4.85. The Labute approximate surface area is 108 Å². The molecule has 1 aromatic heterocycles. The molecule has 17 heavy (non-hydrogen) atoms. The summed E-state index contributed by atoms with van der Waals surface area (Å²) in [6.45, 7) is 0.355. The molecule has 0 radical (unpaired) electrons. The van der Waals surface area contributed by atoms with Crippen molar-refractivity contribution in [2.45, 2.75) is 6.42 Å². The quantitative estimate of drug-likeness (QED) is 0.803. The highest BCUT2D eigenvalue weighted by Crippen LogP contribution is 2.30. The average molecular weight is 273 g/mol. The zero-order chi connectivity index (χ0) is 12.4. The Morgan fingerprint density at radius 2 is 2.18 bits per heavy atom. The van der Waals surface area contributed by atoms with E-state index in [1.54, 1.807) is 6.07 Å². The number of nitrogens with one attached hydrogen (secondary N) is 2. The standard InChI is InChI=1S/C11H10Cl2N2O2/c12-8-2-1-6-5-7(3-4-14-11(16)17)15-10(6)9(8)13/h1-2,5,14-15H,3-4H2,(H,16,17). The van der Waals surface area contributed by atoms with Gasteiger partial charge in [-0.15, -0.1) is 0 Å². The van der Waals surface area contributed by atoms with Crippen LogP contribution in [0.5, 0.6) is 0 Å². The molecular weight excluding hydrogens is 263 g/mol. The van der Waals surface area contributed by atoms with Gasteiger partial charge in [0.25, 0.3) is 0 Å². The number of benzene rings is 1. The van der Waals surface area contributed by atoms with Gasteiger partial charge in [0, 0.05) is 24.0 Å². The minimum Gasteiger partial charge on any atom is -0.465 e. The highest BCUT2D eigenvalue weighted by molar-refractivity contribution is 6.45. The summed E-state index contributed by atoms with van der Waals surface area (Å²) in [6.07, 6.45) is -0.447. The van der Waals surface area contributed by atoms with Crippen LogP contribution in [0.1, 0.15) is 5.69 Å². The summed E-state index contributed by atoms with van der Waals surface area (Å²) in [5, 5.41) is 12.7. The van der Waals surface area contributed by atoms with Crippen LogP contribution in [0.4, 0.5) is 4.79 Å². The number of H-pyrrole nitrogens is 1. The van der Waals surface area contributed by atoms with Crippen molar-refractivity contribution in [2.75, 3.05) is 6.54 Å². The number of carbonyl (C=O) groups is 1.